The van der Waals surface area contributed by atoms with Crippen molar-refractivity contribution in [3.63, 3.8) is 0 Å². The molecule has 3 aromatic rings. The number of ether oxygens (including phenoxy) is 1. The highest BCUT2D eigenvalue weighted by atomic mass is 35.5. The van der Waals surface area contributed by atoms with Crippen LogP contribution in [0.25, 0.3) is 22.3 Å². The molecule has 3 rings (SSSR count). The van der Waals surface area contributed by atoms with Gasteiger partial charge in [0.1, 0.15) is 10.9 Å². The fourth-order valence-electron chi connectivity index (χ4n) is 2.14. The molecule has 106 valence electrons. The summed E-state index contributed by atoms with van der Waals surface area (Å²) in [5.41, 5.74) is 2.46. The molecule has 0 unspecified atom stereocenters. The average Bonchev–Trinajstić information content (AvgIpc) is 2.49. The minimum atomic E-state index is 0.398. The minimum absolute atomic E-state index is 0.398. The molecule has 0 spiro atoms. The molecule has 2 aromatic carbocycles. The van der Waals surface area contributed by atoms with E-state index in [1.807, 2.05) is 43.3 Å². The predicted molar refractivity (Wildman–Crippen MR) is 86.3 cm³/mol. The van der Waals surface area contributed by atoms with Crippen LogP contribution in [0.15, 0.2) is 36.4 Å². The van der Waals surface area contributed by atoms with Crippen LogP contribution in [-0.4, -0.2) is 17.1 Å². The number of fused-ring (bicyclic) bond motifs is 1. The standard InChI is InChI=1S/C16H12Cl2N2O/c1-9-4-3-5-12(14(9)17)16-19-13-8-10(21-2)6-7-11(13)15(18)20-16/h3-8H,1-2H3. The molecule has 1 aromatic heterocycles. The van der Waals surface area contributed by atoms with Gasteiger partial charge >= 0.3 is 0 Å². The lowest BCUT2D eigenvalue weighted by molar-refractivity contribution is 0.415. The van der Waals surface area contributed by atoms with Crippen molar-refractivity contribution in [1.82, 2.24) is 9.97 Å². The number of aryl methyl sites for hydroxylation is 1. The van der Waals surface area contributed by atoms with Crippen molar-refractivity contribution < 1.29 is 4.74 Å². The Morgan fingerprint density at radius 2 is 1.86 bits per heavy atom. The van der Waals surface area contributed by atoms with Gasteiger partial charge in [-0.15, -0.1) is 0 Å². The van der Waals surface area contributed by atoms with Crippen molar-refractivity contribution in [3.05, 3.63) is 52.1 Å². The second kappa shape index (κ2) is 5.51. The third kappa shape index (κ3) is 2.55. The van der Waals surface area contributed by atoms with Gasteiger partial charge < -0.3 is 4.74 Å². The zero-order valence-corrected chi connectivity index (χ0v) is 13.0. The summed E-state index contributed by atoms with van der Waals surface area (Å²) in [7, 11) is 1.61. The quantitative estimate of drug-likeness (QED) is 0.629. The van der Waals surface area contributed by atoms with Crippen LogP contribution in [0, 0.1) is 6.92 Å². The summed E-state index contributed by atoms with van der Waals surface area (Å²) < 4.78 is 5.22. The van der Waals surface area contributed by atoms with Crippen LogP contribution in [-0.2, 0) is 0 Å². The van der Waals surface area contributed by atoms with Gasteiger partial charge in [0.05, 0.1) is 17.6 Å². The normalized spacial score (nSPS) is 10.9. The number of rotatable bonds is 2. The summed E-state index contributed by atoms with van der Waals surface area (Å²) in [5.74, 6) is 1.23. The highest BCUT2D eigenvalue weighted by Crippen LogP contribution is 2.32. The van der Waals surface area contributed by atoms with Crippen LogP contribution < -0.4 is 4.74 Å². The first-order valence-electron chi connectivity index (χ1n) is 6.37. The van der Waals surface area contributed by atoms with Crippen molar-refractivity contribution >= 4 is 34.1 Å². The molecule has 0 saturated heterocycles. The van der Waals surface area contributed by atoms with Crippen LogP contribution in [0.2, 0.25) is 10.2 Å². The third-order valence-corrected chi connectivity index (χ3v) is 4.08. The molecule has 0 aliphatic carbocycles. The van der Waals surface area contributed by atoms with Gasteiger partial charge in [0.15, 0.2) is 5.82 Å². The molecule has 0 amide bonds. The zero-order valence-electron chi connectivity index (χ0n) is 11.5. The molecule has 0 aliphatic heterocycles. The lowest BCUT2D eigenvalue weighted by Gasteiger charge is -2.08. The Bertz CT molecular complexity index is 834. The summed E-state index contributed by atoms with van der Waals surface area (Å²) in [6.07, 6.45) is 0. The van der Waals surface area contributed by atoms with Crippen LogP contribution >= 0.6 is 23.2 Å². The highest BCUT2D eigenvalue weighted by molar-refractivity contribution is 6.35. The van der Waals surface area contributed by atoms with Gasteiger partial charge in [-0.3, -0.25) is 0 Å². The number of nitrogens with zero attached hydrogens (tertiary/aromatic N) is 2. The SMILES string of the molecule is COc1ccc2c(Cl)nc(-c3cccc(C)c3Cl)nc2c1. The van der Waals surface area contributed by atoms with Gasteiger partial charge in [-0.1, -0.05) is 35.3 Å². The Labute approximate surface area is 132 Å². The van der Waals surface area contributed by atoms with Crippen molar-refractivity contribution in [2.45, 2.75) is 6.92 Å². The molecular formula is C16H12Cl2N2O. The van der Waals surface area contributed by atoms with Crippen molar-refractivity contribution in [2.24, 2.45) is 0 Å². The van der Waals surface area contributed by atoms with Crippen molar-refractivity contribution in [2.75, 3.05) is 7.11 Å². The van der Waals surface area contributed by atoms with Gasteiger partial charge in [0.25, 0.3) is 0 Å². The van der Waals surface area contributed by atoms with E-state index in [1.54, 1.807) is 7.11 Å². The molecule has 0 saturated carbocycles. The summed E-state index contributed by atoms with van der Waals surface area (Å²) >= 11 is 12.6. The summed E-state index contributed by atoms with van der Waals surface area (Å²) in [6.45, 7) is 1.94. The van der Waals surface area contributed by atoms with E-state index in [9.17, 15) is 0 Å². The van der Waals surface area contributed by atoms with E-state index < -0.39 is 0 Å². The van der Waals surface area contributed by atoms with E-state index >= 15 is 0 Å². The number of benzene rings is 2. The van der Waals surface area contributed by atoms with E-state index in [0.717, 1.165) is 27.8 Å². The molecule has 0 aliphatic rings. The Kier molecular flexibility index (Phi) is 3.70. The Morgan fingerprint density at radius 3 is 2.62 bits per heavy atom. The Hall–Kier alpha value is -1.84. The molecular weight excluding hydrogens is 307 g/mol. The van der Waals surface area contributed by atoms with Crippen LogP contribution in [0.4, 0.5) is 0 Å². The van der Waals surface area contributed by atoms with E-state index in [4.69, 9.17) is 27.9 Å². The third-order valence-electron chi connectivity index (χ3n) is 3.29. The van der Waals surface area contributed by atoms with E-state index in [1.165, 1.54) is 0 Å². The van der Waals surface area contributed by atoms with Crippen molar-refractivity contribution in [1.29, 1.82) is 0 Å². The number of hydrogen-bond acceptors (Lipinski definition) is 3. The van der Waals surface area contributed by atoms with Crippen LogP contribution in [0.3, 0.4) is 0 Å². The molecule has 0 fully saturated rings. The average molecular weight is 319 g/mol. The van der Waals surface area contributed by atoms with Crippen LogP contribution in [0.5, 0.6) is 5.75 Å². The number of halogens is 2. The van der Waals surface area contributed by atoms with Gasteiger partial charge in [-0.25, -0.2) is 9.97 Å². The zero-order chi connectivity index (χ0) is 15.0. The Balaban J connectivity index is 2.26. The maximum absolute atomic E-state index is 6.34. The van der Waals surface area contributed by atoms with E-state index in [-0.39, 0.29) is 0 Å². The van der Waals surface area contributed by atoms with Gasteiger partial charge in [0.2, 0.25) is 0 Å². The molecule has 0 atom stereocenters. The second-order valence-corrected chi connectivity index (χ2v) is 5.39. The monoisotopic (exact) mass is 318 g/mol. The van der Waals surface area contributed by atoms with Crippen LogP contribution in [0.1, 0.15) is 5.56 Å². The lowest BCUT2D eigenvalue weighted by Crippen LogP contribution is -1.94. The molecule has 0 bridgehead atoms. The minimum Gasteiger partial charge on any atom is -0.497 e. The Morgan fingerprint density at radius 1 is 1.05 bits per heavy atom. The van der Waals surface area contributed by atoms with Crippen molar-refractivity contribution in [3.8, 4) is 17.1 Å². The van der Waals surface area contributed by atoms with Gasteiger partial charge in [-0.05, 0) is 30.7 Å². The maximum atomic E-state index is 6.34. The fraction of sp³-hybridized carbons (Fsp3) is 0.125. The molecule has 0 radical (unpaired) electrons. The summed E-state index contributed by atoms with van der Waals surface area (Å²) in [6, 6.07) is 11.2. The molecule has 0 N–H and O–H groups in total. The topological polar surface area (TPSA) is 35.0 Å². The largest absolute Gasteiger partial charge is 0.497 e. The molecule has 3 nitrogen and oxygen atoms in total. The summed E-state index contributed by atoms with van der Waals surface area (Å²) in [4.78, 5) is 8.91. The first-order valence-corrected chi connectivity index (χ1v) is 7.12. The molecule has 1 heterocycles. The first-order chi connectivity index (χ1) is 10.1. The number of aromatic nitrogens is 2. The second-order valence-electron chi connectivity index (χ2n) is 4.66. The van der Waals surface area contributed by atoms with E-state index in [2.05, 4.69) is 9.97 Å². The number of hydrogen-bond donors (Lipinski definition) is 0. The van der Waals surface area contributed by atoms with Gasteiger partial charge in [-0.2, -0.15) is 0 Å². The molecule has 21 heavy (non-hydrogen) atoms. The van der Waals surface area contributed by atoms with Gasteiger partial charge in [0, 0.05) is 17.0 Å². The maximum Gasteiger partial charge on any atom is 0.163 e. The fourth-order valence-corrected chi connectivity index (χ4v) is 2.59. The molecule has 5 heteroatoms. The highest BCUT2D eigenvalue weighted by Gasteiger charge is 2.12. The smallest absolute Gasteiger partial charge is 0.163 e. The van der Waals surface area contributed by atoms with E-state index in [0.29, 0.717) is 16.0 Å². The summed E-state index contributed by atoms with van der Waals surface area (Å²) in [5, 5.41) is 1.82. The first kappa shape index (κ1) is 14.1. The predicted octanol–water partition coefficient (Wildman–Crippen LogP) is 4.92. The lowest BCUT2D eigenvalue weighted by atomic mass is 10.1. The number of methoxy groups -OCH3 is 1.